The zero-order chi connectivity index (χ0) is 18.4. The van der Waals surface area contributed by atoms with Crippen LogP contribution in [0.1, 0.15) is 17.0 Å². The first-order chi connectivity index (χ1) is 12.7. The van der Waals surface area contributed by atoms with Crippen LogP contribution in [0, 0.1) is 6.92 Å². The minimum Gasteiger partial charge on any atom is -0.493 e. The number of aromatic nitrogens is 3. The van der Waals surface area contributed by atoms with E-state index in [1.807, 2.05) is 48.5 Å². The van der Waals surface area contributed by atoms with Crippen LogP contribution in [0.5, 0.6) is 11.5 Å². The van der Waals surface area contributed by atoms with E-state index < -0.39 is 0 Å². The van der Waals surface area contributed by atoms with E-state index in [0.29, 0.717) is 29.9 Å². The first kappa shape index (κ1) is 23.1. The van der Waals surface area contributed by atoms with E-state index in [9.17, 15) is 0 Å². The quantitative estimate of drug-likeness (QED) is 0.343. The Hall–Kier alpha value is -2.97. The normalized spacial score (nSPS) is 10.1. The number of aryl methyl sites for hydroxylation is 1. The molecule has 0 spiro atoms. The van der Waals surface area contributed by atoms with Crippen LogP contribution in [0.4, 0.5) is 5.95 Å². The smallest absolute Gasteiger partial charge is 0.263 e. The van der Waals surface area contributed by atoms with Crippen molar-refractivity contribution in [2.45, 2.75) is 13.5 Å². The molecule has 1 heterocycles. The second-order valence-corrected chi connectivity index (χ2v) is 5.50. The van der Waals surface area contributed by atoms with E-state index in [4.69, 9.17) is 15.3 Å². The molecule has 2 aromatic carbocycles. The largest absolute Gasteiger partial charge is 0.493 e. The van der Waals surface area contributed by atoms with Gasteiger partial charge in [0.1, 0.15) is 6.61 Å². The van der Waals surface area contributed by atoms with Crippen molar-refractivity contribution in [1.82, 2.24) is 14.9 Å². The Morgan fingerprint density at radius 3 is 2.50 bits per heavy atom. The average molecular weight is 425 g/mol. The monoisotopic (exact) mass is 424 g/mol. The summed E-state index contributed by atoms with van der Waals surface area (Å²) in [6.45, 7) is 2.22. The van der Waals surface area contributed by atoms with Crippen molar-refractivity contribution in [3.05, 3.63) is 65.5 Å². The van der Waals surface area contributed by atoms with Gasteiger partial charge >= 0.3 is 0 Å². The Kier molecular flexibility index (Phi) is 9.07. The highest BCUT2D eigenvalue weighted by Gasteiger charge is 2.06. The van der Waals surface area contributed by atoms with Crippen LogP contribution < -0.4 is 20.7 Å². The molecular weight excluding hydrogens is 403 g/mol. The zero-order valence-electron chi connectivity index (χ0n) is 15.4. The third-order valence-corrected chi connectivity index (χ3v) is 3.67. The average Bonchev–Trinajstić information content (AvgIpc) is 3.00. The number of halogens is 2. The number of hydrogen-bond donors (Lipinski definition) is 2. The first-order valence-corrected chi connectivity index (χ1v) is 7.98. The molecule has 0 aliphatic carbocycles. The topological polar surface area (TPSA) is 99.6 Å². The molecule has 0 fully saturated rings. The number of benzene rings is 2. The van der Waals surface area contributed by atoms with Gasteiger partial charge in [-0.2, -0.15) is 5.10 Å². The van der Waals surface area contributed by atoms with E-state index in [1.165, 1.54) is 4.68 Å². The number of hydrazone groups is 1. The molecule has 3 aromatic rings. The summed E-state index contributed by atoms with van der Waals surface area (Å²) in [6.07, 6.45) is 1.63. The van der Waals surface area contributed by atoms with Crippen molar-refractivity contribution in [3.63, 3.8) is 0 Å². The SMILES string of the molecule is COc1cc(C=NNc2nnc(C)n2N)ccc1OCc1ccccc1.Cl.Cl. The molecule has 8 nitrogen and oxygen atoms in total. The molecule has 3 rings (SSSR count). The number of nitrogens with two attached hydrogens (primary N) is 1. The van der Waals surface area contributed by atoms with Gasteiger partial charge in [0.05, 0.1) is 13.3 Å². The Morgan fingerprint density at radius 2 is 1.86 bits per heavy atom. The fourth-order valence-electron chi connectivity index (χ4n) is 2.23. The van der Waals surface area contributed by atoms with E-state index >= 15 is 0 Å². The molecule has 1 aromatic heterocycles. The van der Waals surface area contributed by atoms with Gasteiger partial charge in [0.2, 0.25) is 0 Å². The van der Waals surface area contributed by atoms with Gasteiger partial charge in [0, 0.05) is 0 Å². The summed E-state index contributed by atoms with van der Waals surface area (Å²) in [5, 5.41) is 11.8. The van der Waals surface area contributed by atoms with Crippen molar-refractivity contribution >= 4 is 37.0 Å². The minimum atomic E-state index is 0. The summed E-state index contributed by atoms with van der Waals surface area (Å²) >= 11 is 0. The number of nitrogens with zero attached hydrogens (tertiary/aromatic N) is 4. The highest BCUT2D eigenvalue weighted by molar-refractivity contribution is 5.85. The number of nitrogen functional groups attached to an aromatic ring is 1. The second kappa shape index (κ2) is 11.0. The Labute approximate surface area is 175 Å². The summed E-state index contributed by atoms with van der Waals surface area (Å²) < 4.78 is 12.6. The number of nitrogens with one attached hydrogen (secondary N) is 1. The van der Waals surface area contributed by atoms with Gasteiger partial charge < -0.3 is 15.3 Å². The molecule has 0 atom stereocenters. The lowest BCUT2D eigenvalue weighted by Gasteiger charge is -2.11. The van der Waals surface area contributed by atoms with Gasteiger partial charge in [-0.3, -0.25) is 0 Å². The summed E-state index contributed by atoms with van der Waals surface area (Å²) in [5.74, 6) is 7.98. The molecule has 0 aliphatic heterocycles. The third-order valence-electron chi connectivity index (χ3n) is 3.67. The molecule has 0 aliphatic rings. The van der Waals surface area contributed by atoms with Gasteiger partial charge in [0.15, 0.2) is 17.3 Å². The predicted molar refractivity (Wildman–Crippen MR) is 114 cm³/mol. The van der Waals surface area contributed by atoms with Crippen molar-refractivity contribution < 1.29 is 9.47 Å². The predicted octanol–water partition coefficient (Wildman–Crippen LogP) is 3.18. The van der Waals surface area contributed by atoms with Crippen LogP contribution in [0.15, 0.2) is 53.6 Å². The Bertz CT molecular complexity index is 902. The van der Waals surface area contributed by atoms with Crippen molar-refractivity contribution in [2.24, 2.45) is 5.10 Å². The minimum absolute atomic E-state index is 0. The highest BCUT2D eigenvalue weighted by Crippen LogP contribution is 2.28. The van der Waals surface area contributed by atoms with Gasteiger partial charge in [0.25, 0.3) is 5.95 Å². The van der Waals surface area contributed by atoms with Crippen LogP contribution in [0.25, 0.3) is 0 Å². The number of ether oxygens (including phenoxy) is 2. The lowest BCUT2D eigenvalue weighted by molar-refractivity contribution is 0.284. The first-order valence-electron chi connectivity index (χ1n) is 7.98. The van der Waals surface area contributed by atoms with Crippen molar-refractivity contribution in [3.8, 4) is 11.5 Å². The van der Waals surface area contributed by atoms with Crippen LogP contribution in [-0.4, -0.2) is 28.2 Å². The Morgan fingerprint density at radius 1 is 1.11 bits per heavy atom. The lowest BCUT2D eigenvalue weighted by atomic mass is 10.2. The lowest BCUT2D eigenvalue weighted by Crippen LogP contribution is -2.13. The van der Waals surface area contributed by atoms with Crippen molar-refractivity contribution in [1.29, 1.82) is 0 Å². The van der Waals surface area contributed by atoms with Gasteiger partial charge in [-0.15, -0.1) is 35.0 Å². The van der Waals surface area contributed by atoms with Gasteiger partial charge in [-0.1, -0.05) is 30.3 Å². The van der Waals surface area contributed by atoms with Crippen LogP contribution in [0.3, 0.4) is 0 Å². The fraction of sp³-hybridized carbons (Fsp3) is 0.167. The summed E-state index contributed by atoms with van der Waals surface area (Å²) in [7, 11) is 1.60. The standard InChI is InChI=1S/C18H20N6O2.2ClH/c1-13-21-23-18(24(13)19)22-20-11-15-8-9-16(17(10-15)25-2)26-12-14-6-4-3-5-7-14;;/h3-11H,12,19H2,1-2H3,(H,22,23);2*1H. The molecule has 150 valence electrons. The number of rotatable bonds is 7. The molecular formula is C18H22Cl2N6O2. The van der Waals surface area contributed by atoms with E-state index in [-0.39, 0.29) is 24.8 Å². The molecule has 0 unspecified atom stereocenters. The summed E-state index contributed by atoms with van der Waals surface area (Å²) in [6, 6.07) is 15.5. The number of hydrogen-bond acceptors (Lipinski definition) is 7. The maximum Gasteiger partial charge on any atom is 0.263 e. The maximum atomic E-state index is 5.84. The fourth-order valence-corrected chi connectivity index (χ4v) is 2.23. The molecule has 0 bridgehead atoms. The van der Waals surface area contributed by atoms with Crippen LogP contribution in [0.2, 0.25) is 0 Å². The third kappa shape index (κ3) is 5.77. The number of methoxy groups -OCH3 is 1. The highest BCUT2D eigenvalue weighted by atomic mass is 35.5. The maximum absolute atomic E-state index is 5.84. The molecule has 0 saturated heterocycles. The second-order valence-electron chi connectivity index (χ2n) is 5.50. The van der Waals surface area contributed by atoms with Crippen molar-refractivity contribution in [2.75, 3.05) is 18.4 Å². The molecule has 10 heteroatoms. The van der Waals surface area contributed by atoms with Gasteiger partial charge in [-0.05, 0) is 36.2 Å². The summed E-state index contributed by atoms with van der Waals surface area (Å²) in [4.78, 5) is 0. The molecule has 28 heavy (non-hydrogen) atoms. The Balaban J connectivity index is 0.00000196. The van der Waals surface area contributed by atoms with Crippen LogP contribution in [-0.2, 0) is 6.61 Å². The molecule has 0 radical (unpaired) electrons. The van der Waals surface area contributed by atoms with E-state index in [2.05, 4.69) is 20.7 Å². The van der Waals surface area contributed by atoms with E-state index in [1.54, 1.807) is 20.2 Å². The molecule has 0 amide bonds. The zero-order valence-corrected chi connectivity index (χ0v) is 17.0. The van der Waals surface area contributed by atoms with Crippen LogP contribution >= 0.6 is 24.8 Å². The van der Waals surface area contributed by atoms with E-state index in [0.717, 1.165) is 11.1 Å². The molecule has 0 saturated carbocycles. The molecule has 3 N–H and O–H groups in total. The summed E-state index contributed by atoms with van der Waals surface area (Å²) in [5.41, 5.74) is 4.67. The number of anilines is 1. The van der Waals surface area contributed by atoms with Gasteiger partial charge in [-0.25, -0.2) is 10.1 Å².